The molecule has 2 rings (SSSR count). The molecule has 0 aliphatic carbocycles. The summed E-state index contributed by atoms with van der Waals surface area (Å²) in [6, 6.07) is 12.3. The van der Waals surface area contributed by atoms with E-state index in [1.54, 1.807) is 18.4 Å². The van der Waals surface area contributed by atoms with Gasteiger partial charge in [-0.2, -0.15) is 0 Å². The number of thiophene rings is 1. The number of guanidine groups is 1. The monoisotopic (exact) mass is 445 g/mol. The number of halogens is 1. The summed E-state index contributed by atoms with van der Waals surface area (Å²) < 4.78 is 5.75. The number of ether oxygens (including phenoxy) is 1. The predicted molar refractivity (Wildman–Crippen MR) is 109 cm³/mol. The number of benzene rings is 1. The van der Waals surface area contributed by atoms with Crippen LogP contribution in [0.5, 0.6) is 5.75 Å². The third-order valence-corrected chi connectivity index (χ3v) is 4.20. The highest BCUT2D eigenvalue weighted by molar-refractivity contribution is 14.0. The summed E-state index contributed by atoms with van der Waals surface area (Å²) in [5, 5.41) is 6.56. The first kappa shape index (κ1) is 19.8. The molecule has 0 spiro atoms. The molecule has 2 aromatic rings. The van der Waals surface area contributed by atoms with Crippen molar-refractivity contribution in [3.63, 3.8) is 0 Å². The Kier molecular flexibility index (Phi) is 9.01. The Bertz CT molecular complexity index is 628. The summed E-state index contributed by atoms with van der Waals surface area (Å²) in [6.07, 6.45) is 0. The molecule has 4 nitrogen and oxygen atoms in total. The average molecular weight is 445 g/mol. The van der Waals surface area contributed by atoms with Gasteiger partial charge in [0, 0.05) is 16.8 Å². The highest BCUT2D eigenvalue weighted by Gasteiger charge is 2.01. The normalized spacial score (nSPS) is 10.8. The lowest BCUT2D eigenvalue weighted by Crippen LogP contribution is -2.38. The minimum atomic E-state index is 0. The topological polar surface area (TPSA) is 45.7 Å². The quantitative estimate of drug-likeness (QED) is 0.308. The Hall–Kier alpha value is -1.28. The largest absolute Gasteiger partial charge is 0.491 e. The van der Waals surface area contributed by atoms with Crippen LogP contribution < -0.4 is 15.4 Å². The molecule has 0 saturated heterocycles. The first-order valence-corrected chi connectivity index (χ1v) is 8.19. The van der Waals surface area contributed by atoms with Gasteiger partial charge in [-0.05, 0) is 37.6 Å². The molecule has 23 heavy (non-hydrogen) atoms. The van der Waals surface area contributed by atoms with Crippen LogP contribution in [-0.2, 0) is 6.54 Å². The molecule has 0 radical (unpaired) electrons. The van der Waals surface area contributed by atoms with Crippen LogP contribution in [0, 0.1) is 13.8 Å². The van der Waals surface area contributed by atoms with E-state index in [9.17, 15) is 0 Å². The average Bonchev–Trinajstić information content (AvgIpc) is 2.94. The molecule has 1 aromatic carbocycles. The van der Waals surface area contributed by atoms with Crippen molar-refractivity contribution in [3.8, 4) is 5.75 Å². The van der Waals surface area contributed by atoms with Gasteiger partial charge in [-0.25, -0.2) is 0 Å². The van der Waals surface area contributed by atoms with E-state index >= 15 is 0 Å². The van der Waals surface area contributed by atoms with Crippen LogP contribution in [0.1, 0.15) is 15.3 Å². The Morgan fingerprint density at radius 1 is 1.13 bits per heavy atom. The third-order valence-electron chi connectivity index (χ3n) is 3.20. The Morgan fingerprint density at radius 2 is 1.91 bits per heavy atom. The van der Waals surface area contributed by atoms with Gasteiger partial charge in [-0.1, -0.05) is 18.2 Å². The van der Waals surface area contributed by atoms with Gasteiger partial charge in [-0.15, -0.1) is 35.3 Å². The van der Waals surface area contributed by atoms with Gasteiger partial charge < -0.3 is 15.4 Å². The van der Waals surface area contributed by atoms with Crippen LogP contribution in [0.15, 0.2) is 41.4 Å². The van der Waals surface area contributed by atoms with Crippen LogP contribution in [0.4, 0.5) is 0 Å². The fourth-order valence-electron chi connectivity index (χ4n) is 2.02. The number of aryl methyl sites for hydroxylation is 2. The lowest BCUT2D eigenvalue weighted by Gasteiger charge is -2.12. The van der Waals surface area contributed by atoms with Gasteiger partial charge >= 0.3 is 0 Å². The summed E-state index contributed by atoms with van der Waals surface area (Å²) in [4.78, 5) is 6.84. The maximum absolute atomic E-state index is 5.75. The highest BCUT2D eigenvalue weighted by Crippen LogP contribution is 2.15. The second-order valence-electron chi connectivity index (χ2n) is 4.98. The van der Waals surface area contributed by atoms with Gasteiger partial charge in [0.1, 0.15) is 12.4 Å². The fraction of sp³-hybridized carbons (Fsp3) is 0.353. The van der Waals surface area contributed by atoms with Crippen LogP contribution in [0.25, 0.3) is 0 Å². The van der Waals surface area contributed by atoms with E-state index in [2.05, 4.69) is 34.7 Å². The maximum atomic E-state index is 5.75. The van der Waals surface area contributed by atoms with Crippen LogP contribution in [0.2, 0.25) is 0 Å². The van der Waals surface area contributed by atoms with Gasteiger partial charge in [0.05, 0.1) is 13.1 Å². The Balaban J connectivity index is 0.00000264. The van der Waals surface area contributed by atoms with Crippen molar-refractivity contribution in [3.05, 3.63) is 51.7 Å². The molecule has 0 saturated carbocycles. The molecule has 6 heteroatoms. The van der Waals surface area contributed by atoms with E-state index in [0.717, 1.165) is 23.8 Å². The molecule has 0 atom stereocenters. The molecule has 0 amide bonds. The second-order valence-corrected chi connectivity index (χ2v) is 6.35. The van der Waals surface area contributed by atoms with E-state index in [1.807, 2.05) is 31.2 Å². The molecule has 0 unspecified atom stereocenters. The lowest BCUT2D eigenvalue weighted by atomic mass is 10.2. The lowest BCUT2D eigenvalue weighted by molar-refractivity contribution is 0.320. The molecule has 0 aliphatic heterocycles. The summed E-state index contributed by atoms with van der Waals surface area (Å²) in [5.41, 5.74) is 1.15. The van der Waals surface area contributed by atoms with Gasteiger partial charge in [0.15, 0.2) is 5.96 Å². The maximum Gasteiger partial charge on any atom is 0.191 e. The van der Waals surface area contributed by atoms with E-state index < -0.39 is 0 Å². The van der Waals surface area contributed by atoms with E-state index in [-0.39, 0.29) is 24.0 Å². The number of nitrogens with zero attached hydrogens (tertiary/aromatic N) is 1. The number of para-hydroxylation sites is 1. The number of rotatable bonds is 6. The molecular formula is C17H24IN3OS. The van der Waals surface area contributed by atoms with Crippen LogP contribution in [0.3, 0.4) is 0 Å². The van der Waals surface area contributed by atoms with Crippen LogP contribution >= 0.6 is 35.3 Å². The molecule has 1 heterocycles. The van der Waals surface area contributed by atoms with E-state index in [1.165, 1.54) is 9.75 Å². The van der Waals surface area contributed by atoms with Gasteiger partial charge in [0.25, 0.3) is 0 Å². The molecule has 0 bridgehead atoms. The third kappa shape index (κ3) is 6.78. The van der Waals surface area contributed by atoms with Crippen molar-refractivity contribution >= 4 is 41.3 Å². The minimum Gasteiger partial charge on any atom is -0.491 e. The summed E-state index contributed by atoms with van der Waals surface area (Å²) in [7, 11) is 1.78. The molecule has 126 valence electrons. The van der Waals surface area contributed by atoms with E-state index in [0.29, 0.717) is 13.2 Å². The first-order valence-electron chi connectivity index (χ1n) is 7.37. The second kappa shape index (κ2) is 10.5. The molecule has 2 N–H and O–H groups in total. The number of hydrogen-bond donors (Lipinski definition) is 2. The van der Waals surface area contributed by atoms with Crippen molar-refractivity contribution in [2.24, 2.45) is 4.99 Å². The summed E-state index contributed by atoms with van der Waals surface area (Å²) >= 11 is 1.80. The van der Waals surface area contributed by atoms with Crippen molar-refractivity contribution in [1.29, 1.82) is 0 Å². The van der Waals surface area contributed by atoms with Crippen molar-refractivity contribution in [2.75, 3.05) is 20.2 Å². The highest BCUT2D eigenvalue weighted by atomic mass is 127. The van der Waals surface area contributed by atoms with E-state index in [4.69, 9.17) is 4.74 Å². The smallest absolute Gasteiger partial charge is 0.191 e. The standard InChI is InChI=1S/C17H23N3OS.HI/c1-13-6-4-5-7-16(13)21-11-10-19-17(18-3)20-12-15-9-8-14(2)22-15;/h4-9H,10-12H2,1-3H3,(H2,18,19,20);1H. The SMILES string of the molecule is CN=C(NCCOc1ccccc1C)NCc1ccc(C)s1.I. The predicted octanol–water partition coefficient (Wildman–Crippen LogP) is 3.73. The van der Waals surface area contributed by atoms with Crippen molar-refractivity contribution in [2.45, 2.75) is 20.4 Å². The zero-order valence-electron chi connectivity index (χ0n) is 13.8. The summed E-state index contributed by atoms with van der Waals surface area (Å²) in [6.45, 7) is 6.26. The van der Waals surface area contributed by atoms with Crippen molar-refractivity contribution < 1.29 is 4.74 Å². The zero-order chi connectivity index (χ0) is 15.8. The van der Waals surface area contributed by atoms with Gasteiger partial charge in [-0.3, -0.25) is 4.99 Å². The first-order chi connectivity index (χ1) is 10.7. The summed E-state index contributed by atoms with van der Waals surface area (Å²) in [5.74, 6) is 1.72. The zero-order valence-corrected chi connectivity index (χ0v) is 16.9. The van der Waals surface area contributed by atoms with Gasteiger partial charge in [0.2, 0.25) is 0 Å². The number of nitrogens with one attached hydrogen (secondary N) is 2. The minimum absolute atomic E-state index is 0. The molecule has 1 aromatic heterocycles. The van der Waals surface area contributed by atoms with Crippen molar-refractivity contribution in [1.82, 2.24) is 10.6 Å². The Labute approximate surface area is 159 Å². The number of aliphatic imine (C=N–C) groups is 1. The molecule has 0 aliphatic rings. The molecule has 0 fully saturated rings. The Morgan fingerprint density at radius 3 is 2.57 bits per heavy atom. The van der Waals surface area contributed by atoms with Crippen LogP contribution in [-0.4, -0.2) is 26.2 Å². The molecular weight excluding hydrogens is 421 g/mol. The fourth-order valence-corrected chi connectivity index (χ4v) is 2.85. The number of hydrogen-bond acceptors (Lipinski definition) is 3.